The molecule has 0 bridgehead atoms. The molecule has 23 heavy (non-hydrogen) atoms. The second kappa shape index (κ2) is 9.12. The van der Waals surface area contributed by atoms with Crippen LogP contribution in [0.5, 0.6) is 0 Å². The molecular formula is C17H27N5O. The van der Waals surface area contributed by atoms with Crippen LogP contribution in [0.3, 0.4) is 0 Å². The minimum atomic E-state index is 0.227. The molecule has 0 aromatic carbocycles. The number of hydrogen-bond acceptors (Lipinski definition) is 3. The summed E-state index contributed by atoms with van der Waals surface area (Å²) in [6.45, 7) is 4.23. The third-order valence-corrected chi connectivity index (χ3v) is 4.14. The first-order chi connectivity index (χ1) is 11.2. The first-order valence-corrected chi connectivity index (χ1v) is 8.34. The minimum Gasteiger partial charge on any atom is -0.356 e. The van der Waals surface area contributed by atoms with Crippen molar-refractivity contribution in [2.45, 2.75) is 45.2 Å². The van der Waals surface area contributed by atoms with Crippen molar-refractivity contribution in [2.75, 3.05) is 20.1 Å². The number of nitrogens with zero attached hydrogens (tertiary/aromatic N) is 3. The summed E-state index contributed by atoms with van der Waals surface area (Å²) in [7, 11) is 1.72. The van der Waals surface area contributed by atoms with Crippen LogP contribution in [0.2, 0.25) is 0 Å². The summed E-state index contributed by atoms with van der Waals surface area (Å²) in [5, 5.41) is 6.39. The molecule has 2 N–H and O–H groups in total. The van der Waals surface area contributed by atoms with Crippen LogP contribution < -0.4 is 10.6 Å². The number of likely N-dealkylation sites (tertiary alicyclic amines) is 1. The van der Waals surface area contributed by atoms with Crippen LogP contribution in [0.15, 0.2) is 29.4 Å². The second-order valence-corrected chi connectivity index (χ2v) is 5.86. The Bertz CT molecular complexity index is 517. The van der Waals surface area contributed by atoms with E-state index in [9.17, 15) is 4.79 Å². The van der Waals surface area contributed by atoms with Gasteiger partial charge in [-0.2, -0.15) is 0 Å². The maximum absolute atomic E-state index is 12.3. The molecular weight excluding hydrogens is 290 g/mol. The fraction of sp³-hybridized carbons (Fsp3) is 0.588. The molecule has 1 fully saturated rings. The summed E-state index contributed by atoms with van der Waals surface area (Å²) in [5.74, 6) is 0.917. The van der Waals surface area contributed by atoms with Gasteiger partial charge in [0.05, 0.1) is 12.2 Å². The molecule has 0 aliphatic carbocycles. The van der Waals surface area contributed by atoms with Crippen LogP contribution in [-0.2, 0) is 11.3 Å². The van der Waals surface area contributed by atoms with Crippen LogP contribution in [-0.4, -0.2) is 47.9 Å². The van der Waals surface area contributed by atoms with E-state index in [0.717, 1.165) is 25.1 Å². The quantitative estimate of drug-likeness (QED) is 0.638. The Hall–Kier alpha value is -2.11. The predicted molar refractivity (Wildman–Crippen MR) is 92.1 cm³/mol. The van der Waals surface area contributed by atoms with E-state index in [4.69, 9.17) is 0 Å². The lowest BCUT2D eigenvalue weighted by atomic mass is 10.0. The Balaban J connectivity index is 1.70. The van der Waals surface area contributed by atoms with Crippen LogP contribution in [0.1, 0.15) is 38.3 Å². The van der Waals surface area contributed by atoms with E-state index in [2.05, 4.69) is 27.5 Å². The Kier molecular flexibility index (Phi) is 6.84. The molecule has 0 saturated carbocycles. The summed E-state index contributed by atoms with van der Waals surface area (Å²) in [6, 6.07) is 6.18. The number of aromatic nitrogens is 1. The first-order valence-electron chi connectivity index (χ1n) is 8.34. The first kappa shape index (κ1) is 17.2. The number of rotatable bonds is 5. The summed E-state index contributed by atoms with van der Waals surface area (Å²) >= 11 is 0. The van der Waals surface area contributed by atoms with Crippen molar-refractivity contribution < 1.29 is 4.79 Å². The van der Waals surface area contributed by atoms with Gasteiger partial charge < -0.3 is 15.5 Å². The second-order valence-electron chi connectivity index (χ2n) is 5.86. The molecule has 1 amide bonds. The number of carbonyl (C=O) groups is 1. The number of carbonyl (C=O) groups excluding carboxylic acids is 1. The third kappa shape index (κ3) is 5.54. The topological polar surface area (TPSA) is 69.6 Å². The summed E-state index contributed by atoms with van der Waals surface area (Å²) in [4.78, 5) is 22.7. The third-order valence-electron chi connectivity index (χ3n) is 4.14. The van der Waals surface area contributed by atoms with Crippen molar-refractivity contribution in [2.24, 2.45) is 4.99 Å². The normalized spacial score (nSPS) is 18.6. The molecule has 2 rings (SSSR count). The van der Waals surface area contributed by atoms with Crippen molar-refractivity contribution in [1.82, 2.24) is 20.5 Å². The van der Waals surface area contributed by atoms with Crippen molar-refractivity contribution >= 4 is 11.9 Å². The van der Waals surface area contributed by atoms with Gasteiger partial charge in [0.1, 0.15) is 0 Å². The standard InChI is InChI=1S/C17H27N5O/c1-14-7-4-6-12-22(14)16(23)9-11-20-17(18-2)21-13-15-8-3-5-10-19-15/h3,5,8,10,14H,4,6-7,9,11-13H2,1-2H3,(H2,18,20,21). The zero-order valence-electron chi connectivity index (χ0n) is 14.1. The Morgan fingerprint density at radius 1 is 1.39 bits per heavy atom. The van der Waals surface area contributed by atoms with Crippen LogP contribution >= 0.6 is 0 Å². The van der Waals surface area contributed by atoms with Gasteiger partial charge in [0, 0.05) is 38.8 Å². The van der Waals surface area contributed by atoms with Crippen LogP contribution in [0, 0.1) is 0 Å². The zero-order chi connectivity index (χ0) is 16.5. The van der Waals surface area contributed by atoms with Crippen LogP contribution in [0.4, 0.5) is 0 Å². The molecule has 1 unspecified atom stereocenters. The molecule has 0 radical (unpaired) electrons. The highest BCUT2D eigenvalue weighted by Gasteiger charge is 2.22. The SMILES string of the molecule is CN=C(NCCC(=O)N1CCCCC1C)NCc1ccccn1. The van der Waals surface area contributed by atoms with E-state index in [-0.39, 0.29) is 5.91 Å². The average Bonchev–Trinajstić information content (AvgIpc) is 2.59. The molecule has 1 saturated heterocycles. The Morgan fingerprint density at radius 3 is 2.96 bits per heavy atom. The van der Waals surface area contributed by atoms with E-state index >= 15 is 0 Å². The van der Waals surface area contributed by atoms with E-state index in [1.807, 2.05) is 23.1 Å². The molecule has 1 aromatic heterocycles. The number of pyridine rings is 1. The Labute approximate surface area is 138 Å². The molecule has 0 spiro atoms. The van der Waals surface area contributed by atoms with E-state index in [1.54, 1.807) is 13.2 Å². The highest BCUT2D eigenvalue weighted by atomic mass is 16.2. The van der Waals surface area contributed by atoms with Gasteiger partial charge in [0.15, 0.2) is 5.96 Å². The summed E-state index contributed by atoms with van der Waals surface area (Å²) in [5.41, 5.74) is 0.952. The molecule has 1 aliphatic rings. The molecule has 126 valence electrons. The lowest BCUT2D eigenvalue weighted by Gasteiger charge is -2.33. The Morgan fingerprint density at radius 2 is 2.26 bits per heavy atom. The summed E-state index contributed by atoms with van der Waals surface area (Å²) < 4.78 is 0. The molecule has 1 aliphatic heterocycles. The van der Waals surface area contributed by atoms with Gasteiger partial charge in [-0.15, -0.1) is 0 Å². The lowest BCUT2D eigenvalue weighted by Crippen LogP contribution is -2.44. The smallest absolute Gasteiger partial charge is 0.224 e. The fourth-order valence-corrected chi connectivity index (χ4v) is 2.80. The van der Waals surface area contributed by atoms with Gasteiger partial charge in [0.25, 0.3) is 0 Å². The van der Waals surface area contributed by atoms with Crippen molar-refractivity contribution in [3.63, 3.8) is 0 Å². The molecule has 6 nitrogen and oxygen atoms in total. The number of hydrogen-bond donors (Lipinski definition) is 2. The highest BCUT2D eigenvalue weighted by Crippen LogP contribution is 2.16. The van der Waals surface area contributed by atoms with E-state index in [0.29, 0.717) is 31.5 Å². The minimum absolute atomic E-state index is 0.227. The highest BCUT2D eigenvalue weighted by molar-refractivity contribution is 5.81. The van der Waals surface area contributed by atoms with E-state index in [1.165, 1.54) is 6.42 Å². The zero-order valence-corrected chi connectivity index (χ0v) is 14.1. The van der Waals surface area contributed by atoms with Gasteiger partial charge >= 0.3 is 0 Å². The van der Waals surface area contributed by atoms with Crippen molar-refractivity contribution in [3.8, 4) is 0 Å². The van der Waals surface area contributed by atoms with Gasteiger partial charge in [-0.25, -0.2) is 0 Å². The maximum Gasteiger partial charge on any atom is 0.224 e. The number of aliphatic imine (C=N–C) groups is 1. The van der Waals surface area contributed by atoms with E-state index < -0.39 is 0 Å². The van der Waals surface area contributed by atoms with Crippen LogP contribution in [0.25, 0.3) is 0 Å². The molecule has 2 heterocycles. The van der Waals surface area contributed by atoms with Gasteiger partial charge in [-0.3, -0.25) is 14.8 Å². The molecule has 1 atom stereocenters. The summed E-state index contributed by atoms with van der Waals surface area (Å²) in [6.07, 6.45) is 5.73. The maximum atomic E-state index is 12.3. The molecule has 1 aromatic rings. The van der Waals surface area contributed by atoms with Crippen molar-refractivity contribution in [3.05, 3.63) is 30.1 Å². The largest absolute Gasteiger partial charge is 0.356 e. The number of amides is 1. The average molecular weight is 317 g/mol. The monoisotopic (exact) mass is 317 g/mol. The van der Waals surface area contributed by atoms with Gasteiger partial charge in [0.2, 0.25) is 5.91 Å². The lowest BCUT2D eigenvalue weighted by molar-refractivity contribution is -0.134. The van der Waals surface area contributed by atoms with Crippen molar-refractivity contribution in [1.29, 1.82) is 0 Å². The molecule has 6 heteroatoms. The van der Waals surface area contributed by atoms with Gasteiger partial charge in [-0.1, -0.05) is 6.07 Å². The number of nitrogens with one attached hydrogen (secondary N) is 2. The van der Waals surface area contributed by atoms with Gasteiger partial charge in [-0.05, 0) is 38.3 Å². The predicted octanol–water partition coefficient (Wildman–Crippen LogP) is 1.54. The number of guanidine groups is 1. The number of piperidine rings is 1. The fourth-order valence-electron chi connectivity index (χ4n) is 2.80.